The van der Waals surface area contributed by atoms with Crippen molar-refractivity contribution in [2.45, 2.75) is 38.3 Å². The summed E-state index contributed by atoms with van der Waals surface area (Å²) in [5.41, 5.74) is 2.89. The van der Waals surface area contributed by atoms with E-state index in [9.17, 15) is 9.59 Å². The minimum absolute atomic E-state index is 0.104. The van der Waals surface area contributed by atoms with Crippen molar-refractivity contribution >= 4 is 11.9 Å². The Morgan fingerprint density at radius 1 is 1.16 bits per heavy atom. The molecule has 0 bridgehead atoms. The molecule has 31 heavy (non-hydrogen) atoms. The van der Waals surface area contributed by atoms with E-state index in [0.717, 1.165) is 29.7 Å². The molecule has 1 aliphatic carbocycles. The lowest BCUT2D eigenvalue weighted by Gasteiger charge is -2.22. The molecule has 1 aromatic heterocycles. The number of amides is 3. The highest BCUT2D eigenvalue weighted by molar-refractivity contribution is 6.07. The number of imide groups is 1. The predicted octanol–water partition coefficient (Wildman–Crippen LogP) is 3.20. The van der Waals surface area contributed by atoms with Crippen molar-refractivity contribution < 1.29 is 18.8 Å². The number of benzene rings is 2. The Kier molecular flexibility index (Phi) is 4.50. The Bertz CT molecular complexity index is 1190. The molecule has 1 fully saturated rings. The van der Waals surface area contributed by atoms with Crippen LogP contribution in [0.25, 0.3) is 11.4 Å². The van der Waals surface area contributed by atoms with Crippen LogP contribution in [0, 0.1) is 0 Å². The number of aromatic nitrogens is 2. The van der Waals surface area contributed by atoms with E-state index in [-0.39, 0.29) is 18.3 Å². The lowest BCUT2D eigenvalue weighted by Crippen LogP contribution is -2.41. The molecule has 8 nitrogen and oxygen atoms in total. The summed E-state index contributed by atoms with van der Waals surface area (Å²) in [4.78, 5) is 31.4. The van der Waals surface area contributed by atoms with Crippen molar-refractivity contribution in [1.29, 1.82) is 0 Å². The zero-order valence-corrected chi connectivity index (χ0v) is 17.3. The standard InChI is InChI=1S/C23H22N4O4/c1-23(16-11-10-14-6-5-7-15(14)12-16)21(28)27(22(29)25-23)13-19-24-20(26-31-19)17-8-3-4-9-18(17)30-2/h3-4,8-12H,5-7,13H2,1-2H3,(H,25,29)/t23-/m0/s1. The number of carbonyl (C=O) groups excluding carboxylic acids is 2. The molecular weight excluding hydrogens is 396 g/mol. The fraction of sp³-hybridized carbons (Fsp3) is 0.304. The molecule has 1 aliphatic heterocycles. The maximum atomic E-state index is 13.3. The summed E-state index contributed by atoms with van der Waals surface area (Å²) < 4.78 is 10.7. The van der Waals surface area contributed by atoms with Gasteiger partial charge in [-0.1, -0.05) is 35.5 Å². The molecular formula is C23H22N4O4. The highest BCUT2D eigenvalue weighted by Crippen LogP contribution is 2.33. The summed E-state index contributed by atoms with van der Waals surface area (Å²) in [6.07, 6.45) is 3.18. The van der Waals surface area contributed by atoms with Crippen molar-refractivity contribution in [2.75, 3.05) is 7.11 Å². The normalized spacial score (nSPS) is 20.1. The van der Waals surface area contributed by atoms with Crippen LogP contribution in [0.15, 0.2) is 47.0 Å². The van der Waals surface area contributed by atoms with Gasteiger partial charge < -0.3 is 14.6 Å². The monoisotopic (exact) mass is 418 g/mol. The molecule has 3 aromatic rings. The van der Waals surface area contributed by atoms with Crippen molar-refractivity contribution in [2.24, 2.45) is 0 Å². The molecule has 2 aliphatic rings. The Morgan fingerprint density at radius 2 is 1.97 bits per heavy atom. The summed E-state index contributed by atoms with van der Waals surface area (Å²) in [6.45, 7) is 1.63. The van der Waals surface area contributed by atoms with Crippen molar-refractivity contribution in [3.05, 3.63) is 65.0 Å². The number of nitrogens with zero attached hydrogens (tertiary/aromatic N) is 3. The Labute approximate surface area is 179 Å². The second kappa shape index (κ2) is 7.23. The van der Waals surface area contributed by atoms with E-state index >= 15 is 0 Å². The maximum Gasteiger partial charge on any atom is 0.325 e. The van der Waals surface area contributed by atoms with Gasteiger partial charge in [-0.15, -0.1) is 0 Å². The first-order chi connectivity index (χ1) is 15.0. The summed E-state index contributed by atoms with van der Waals surface area (Å²) in [6, 6.07) is 12.8. The van der Waals surface area contributed by atoms with Gasteiger partial charge in [-0.3, -0.25) is 9.69 Å². The van der Waals surface area contributed by atoms with Gasteiger partial charge in [-0.05, 0) is 55.0 Å². The molecule has 0 unspecified atom stereocenters. The van der Waals surface area contributed by atoms with Crippen molar-refractivity contribution in [3.8, 4) is 17.1 Å². The lowest BCUT2D eigenvalue weighted by molar-refractivity contribution is -0.131. The molecule has 1 atom stereocenters. The molecule has 2 heterocycles. The van der Waals surface area contributed by atoms with Crippen LogP contribution >= 0.6 is 0 Å². The second-order valence-electron chi connectivity index (χ2n) is 8.00. The largest absolute Gasteiger partial charge is 0.496 e. The molecule has 1 saturated heterocycles. The summed E-state index contributed by atoms with van der Waals surface area (Å²) in [5.74, 6) is 0.769. The predicted molar refractivity (Wildman–Crippen MR) is 111 cm³/mol. The smallest absolute Gasteiger partial charge is 0.325 e. The van der Waals surface area contributed by atoms with Crippen LogP contribution in [-0.2, 0) is 29.7 Å². The number of ether oxygens (including phenoxy) is 1. The number of carbonyl (C=O) groups is 2. The Morgan fingerprint density at radius 3 is 2.81 bits per heavy atom. The molecule has 8 heteroatoms. The van der Waals surface area contributed by atoms with Crippen molar-refractivity contribution in [1.82, 2.24) is 20.4 Å². The summed E-state index contributed by atoms with van der Waals surface area (Å²) >= 11 is 0. The van der Waals surface area contributed by atoms with E-state index in [1.165, 1.54) is 11.1 Å². The number of urea groups is 1. The van der Waals surface area contributed by atoms with Gasteiger partial charge in [-0.2, -0.15) is 4.98 Å². The second-order valence-corrected chi connectivity index (χ2v) is 8.00. The van der Waals surface area contributed by atoms with Gasteiger partial charge in [0.25, 0.3) is 5.91 Å². The maximum absolute atomic E-state index is 13.3. The van der Waals surface area contributed by atoms with E-state index < -0.39 is 11.6 Å². The fourth-order valence-corrected chi connectivity index (χ4v) is 4.31. The van der Waals surface area contributed by atoms with Gasteiger partial charge >= 0.3 is 6.03 Å². The average Bonchev–Trinajstić information content (AvgIpc) is 3.49. The van der Waals surface area contributed by atoms with E-state index in [4.69, 9.17) is 9.26 Å². The third-order valence-electron chi connectivity index (χ3n) is 6.06. The fourth-order valence-electron chi connectivity index (χ4n) is 4.31. The summed E-state index contributed by atoms with van der Waals surface area (Å²) in [5, 5.41) is 6.83. The van der Waals surface area contributed by atoms with E-state index in [2.05, 4.69) is 21.5 Å². The molecule has 158 valence electrons. The number of nitrogens with one attached hydrogen (secondary N) is 1. The first-order valence-electron chi connectivity index (χ1n) is 10.2. The van der Waals surface area contributed by atoms with Gasteiger partial charge in [0.15, 0.2) is 0 Å². The van der Waals surface area contributed by atoms with E-state index in [1.54, 1.807) is 20.1 Å². The minimum atomic E-state index is -1.12. The van der Waals surface area contributed by atoms with Gasteiger partial charge in [0, 0.05) is 0 Å². The molecule has 2 aromatic carbocycles. The molecule has 1 N–H and O–H groups in total. The third kappa shape index (κ3) is 3.15. The number of hydrogen-bond acceptors (Lipinski definition) is 6. The molecule has 0 radical (unpaired) electrons. The topological polar surface area (TPSA) is 97.6 Å². The van der Waals surface area contributed by atoms with Gasteiger partial charge in [0.2, 0.25) is 11.7 Å². The van der Waals surface area contributed by atoms with Crippen LogP contribution in [0.4, 0.5) is 4.79 Å². The first kappa shape index (κ1) is 19.3. The molecule has 0 saturated carbocycles. The minimum Gasteiger partial charge on any atom is -0.496 e. The molecule has 0 spiro atoms. The number of rotatable bonds is 5. The first-order valence-corrected chi connectivity index (χ1v) is 10.2. The van der Waals surface area contributed by atoms with Crippen molar-refractivity contribution in [3.63, 3.8) is 0 Å². The average molecular weight is 418 g/mol. The van der Waals surface area contributed by atoms with Gasteiger partial charge in [0.05, 0.1) is 12.7 Å². The zero-order chi connectivity index (χ0) is 21.6. The number of methoxy groups -OCH3 is 1. The van der Waals surface area contributed by atoms with Crippen LogP contribution in [0.5, 0.6) is 5.75 Å². The Hall–Kier alpha value is -3.68. The van der Waals surface area contributed by atoms with Crippen LogP contribution in [-0.4, -0.2) is 34.1 Å². The van der Waals surface area contributed by atoms with E-state index in [1.807, 2.05) is 30.3 Å². The highest BCUT2D eigenvalue weighted by Gasteiger charge is 2.49. The van der Waals surface area contributed by atoms with Gasteiger partial charge in [0.1, 0.15) is 17.8 Å². The number of para-hydroxylation sites is 1. The summed E-state index contributed by atoms with van der Waals surface area (Å²) in [7, 11) is 1.56. The molecule has 3 amide bonds. The van der Waals surface area contributed by atoms with Crippen LogP contribution in [0.1, 0.15) is 35.9 Å². The number of aryl methyl sites for hydroxylation is 2. The van der Waals surface area contributed by atoms with Crippen LogP contribution in [0.3, 0.4) is 0 Å². The quantitative estimate of drug-likeness (QED) is 0.639. The third-order valence-corrected chi connectivity index (χ3v) is 6.06. The number of hydrogen-bond donors (Lipinski definition) is 1. The van der Waals surface area contributed by atoms with Crippen LogP contribution in [0.2, 0.25) is 0 Å². The number of fused-ring (bicyclic) bond motifs is 1. The Balaban J connectivity index is 1.39. The zero-order valence-electron chi connectivity index (χ0n) is 17.3. The lowest BCUT2D eigenvalue weighted by atomic mass is 9.90. The molecule has 5 rings (SSSR count). The van der Waals surface area contributed by atoms with Crippen LogP contribution < -0.4 is 10.1 Å². The van der Waals surface area contributed by atoms with Gasteiger partial charge in [-0.25, -0.2) is 4.79 Å². The van der Waals surface area contributed by atoms with E-state index in [0.29, 0.717) is 17.1 Å². The SMILES string of the molecule is COc1ccccc1-c1noc(CN2C(=O)N[C@@](C)(c3ccc4c(c3)CCC4)C2=O)n1. The highest BCUT2D eigenvalue weighted by atomic mass is 16.5.